The first-order valence-corrected chi connectivity index (χ1v) is 7.24. The van der Waals surface area contributed by atoms with Gasteiger partial charge in [-0.1, -0.05) is 0 Å². The highest BCUT2D eigenvalue weighted by Gasteiger charge is 2.27. The molecule has 22 heavy (non-hydrogen) atoms. The van der Waals surface area contributed by atoms with E-state index in [0.717, 1.165) is 19.4 Å². The lowest BCUT2D eigenvalue weighted by Gasteiger charge is -2.32. The molecule has 1 aromatic heterocycles. The van der Waals surface area contributed by atoms with Crippen molar-refractivity contribution in [2.75, 3.05) is 18.4 Å². The van der Waals surface area contributed by atoms with Gasteiger partial charge in [-0.25, -0.2) is 9.97 Å². The maximum absolute atomic E-state index is 12.2. The number of amides is 1. The molecule has 8 heteroatoms. The van der Waals surface area contributed by atoms with E-state index in [9.17, 15) is 18.0 Å². The minimum Gasteiger partial charge on any atom is -0.350 e. The number of aryl methyl sites for hydroxylation is 1. The highest BCUT2D eigenvalue weighted by Crippen LogP contribution is 2.22. The minimum atomic E-state index is -4.19. The zero-order valence-electron chi connectivity index (χ0n) is 12.4. The van der Waals surface area contributed by atoms with Crippen LogP contribution in [0.25, 0.3) is 0 Å². The number of anilines is 1. The van der Waals surface area contributed by atoms with E-state index in [1.807, 2.05) is 0 Å². The average molecular weight is 316 g/mol. The summed E-state index contributed by atoms with van der Waals surface area (Å²) in [6, 6.07) is 1.51. The van der Waals surface area contributed by atoms with Crippen LogP contribution in [0.2, 0.25) is 0 Å². The van der Waals surface area contributed by atoms with Crippen molar-refractivity contribution in [2.45, 2.75) is 44.8 Å². The molecular formula is C14H19F3N4O. The topological polar surface area (TPSA) is 58.1 Å². The van der Waals surface area contributed by atoms with Gasteiger partial charge in [0.1, 0.15) is 0 Å². The summed E-state index contributed by atoms with van der Waals surface area (Å²) in [6.07, 6.45) is -2.04. The van der Waals surface area contributed by atoms with Gasteiger partial charge in [-0.15, -0.1) is 0 Å². The summed E-state index contributed by atoms with van der Waals surface area (Å²) < 4.78 is 36.7. The Hall–Kier alpha value is -1.86. The predicted molar refractivity (Wildman–Crippen MR) is 75.3 cm³/mol. The molecule has 0 spiro atoms. The molecule has 0 unspecified atom stereocenters. The second kappa shape index (κ2) is 6.93. The molecule has 0 bridgehead atoms. The van der Waals surface area contributed by atoms with Crippen LogP contribution in [0.4, 0.5) is 19.1 Å². The van der Waals surface area contributed by atoms with Crippen LogP contribution < -0.4 is 5.32 Å². The van der Waals surface area contributed by atoms with E-state index in [0.29, 0.717) is 18.2 Å². The van der Waals surface area contributed by atoms with Gasteiger partial charge in [0.25, 0.3) is 0 Å². The van der Waals surface area contributed by atoms with E-state index in [-0.39, 0.29) is 18.4 Å². The van der Waals surface area contributed by atoms with Crippen molar-refractivity contribution in [2.24, 2.45) is 0 Å². The highest BCUT2D eigenvalue weighted by molar-refractivity contribution is 5.73. The number of nitrogens with zero attached hydrogens (tertiary/aromatic N) is 3. The number of carbonyl (C=O) groups is 1. The molecule has 0 aliphatic carbocycles. The lowest BCUT2D eigenvalue weighted by atomic mass is 10.1. The summed E-state index contributed by atoms with van der Waals surface area (Å²) in [6.45, 7) is 2.82. The van der Waals surface area contributed by atoms with Gasteiger partial charge >= 0.3 is 6.18 Å². The summed E-state index contributed by atoms with van der Waals surface area (Å²) >= 11 is 0. The van der Waals surface area contributed by atoms with Crippen molar-refractivity contribution < 1.29 is 18.0 Å². The Morgan fingerprint density at radius 2 is 2.27 bits per heavy atom. The summed E-state index contributed by atoms with van der Waals surface area (Å²) in [5, 5.41) is 3.11. The highest BCUT2D eigenvalue weighted by atomic mass is 19.4. The van der Waals surface area contributed by atoms with Crippen LogP contribution in [0.15, 0.2) is 12.3 Å². The summed E-state index contributed by atoms with van der Waals surface area (Å²) in [7, 11) is 0. The Labute approximate surface area is 126 Å². The van der Waals surface area contributed by atoms with Crippen LogP contribution in [0.3, 0.4) is 0 Å². The fourth-order valence-electron chi connectivity index (χ4n) is 2.44. The van der Waals surface area contributed by atoms with E-state index in [1.54, 1.807) is 4.90 Å². The molecule has 1 saturated heterocycles. The van der Waals surface area contributed by atoms with Gasteiger partial charge in [0.05, 0.1) is 0 Å². The van der Waals surface area contributed by atoms with Crippen LogP contribution in [0.1, 0.15) is 31.9 Å². The number of hydrogen-bond acceptors (Lipinski definition) is 4. The normalized spacial score (nSPS) is 19.1. The van der Waals surface area contributed by atoms with Gasteiger partial charge in [0.2, 0.25) is 11.9 Å². The molecule has 1 aliphatic rings. The quantitative estimate of drug-likeness (QED) is 0.927. The van der Waals surface area contributed by atoms with E-state index in [1.165, 1.54) is 19.2 Å². The zero-order valence-corrected chi connectivity index (χ0v) is 12.4. The van der Waals surface area contributed by atoms with Crippen LogP contribution in [0.5, 0.6) is 0 Å². The van der Waals surface area contributed by atoms with Gasteiger partial charge in [0, 0.05) is 44.4 Å². The Bertz CT molecular complexity index is 521. The van der Waals surface area contributed by atoms with Crippen molar-refractivity contribution in [3.8, 4) is 0 Å². The molecule has 0 saturated carbocycles. The van der Waals surface area contributed by atoms with E-state index in [2.05, 4.69) is 15.3 Å². The van der Waals surface area contributed by atoms with Crippen LogP contribution in [0, 0.1) is 0 Å². The minimum absolute atomic E-state index is 0.0198. The summed E-state index contributed by atoms with van der Waals surface area (Å²) in [4.78, 5) is 21.3. The first-order chi connectivity index (χ1) is 10.3. The number of rotatable bonds is 4. The number of alkyl halides is 3. The lowest BCUT2D eigenvalue weighted by molar-refractivity contribution is -0.134. The molecule has 1 aromatic rings. The molecule has 5 nitrogen and oxygen atoms in total. The molecule has 1 aliphatic heterocycles. The van der Waals surface area contributed by atoms with Gasteiger partial charge in [-0.3, -0.25) is 4.79 Å². The Kier molecular flexibility index (Phi) is 5.20. The number of hydrogen-bond donors (Lipinski definition) is 1. The largest absolute Gasteiger partial charge is 0.389 e. The SMILES string of the molecule is CC(=O)N1CCC[C@H](Nc2nccc(CCC(F)(F)F)n2)C1. The second-order valence-corrected chi connectivity index (χ2v) is 5.44. The van der Waals surface area contributed by atoms with Crippen molar-refractivity contribution >= 4 is 11.9 Å². The van der Waals surface area contributed by atoms with E-state index in [4.69, 9.17) is 0 Å². The molecule has 1 atom stereocenters. The average Bonchev–Trinajstić information content (AvgIpc) is 2.45. The molecule has 2 heterocycles. The van der Waals surface area contributed by atoms with Crippen LogP contribution in [-0.4, -0.2) is 46.1 Å². The molecule has 0 aromatic carbocycles. The maximum Gasteiger partial charge on any atom is 0.389 e. The summed E-state index contributed by atoms with van der Waals surface area (Å²) in [5.74, 6) is 0.335. The van der Waals surface area contributed by atoms with Crippen molar-refractivity contribution in [3.63, 3.8) is 0 Å². The molecule has 2 rings (SSSR count). The third-order valence-corrected chi connectivity index (χ3v) is 3.58. The predicted octanol–water partition coefficient (Wildman–Crippen LogP) is 2.39. The van der Waals surface area contributed by atoms with Crippen LogP contribution >= 0.6 is 0 Å². The third-order valence-electron chi connectivity index (χ3n) is 3.58. The molecule has 1 N–H and O–H groups in total. The Morgan fingerprint density at radius 3 is 2.95 bits per heavy atom. The van der Waals surface area contributed by atoms with Crippen molar-refractivity contribution in [1.82, 2.24) is 14.9 Å². The number of nitrogens with one attached hydrogen (secondary N) is 1. The fraction of sp³-hybridized carbons (Fsp3) is 0.643. The monoisotopic (exact) mass is 316 g/mol. The van der Waals surface area contributed by atoms with E-state index < -0.39 is 12.6 Å². The smallest absolute Gasteiger partial charge is 0.350 e. The van der Waals surface area contributed by atoms with Gasteiger partial charge in [-0.05, 0) is 25.3 Å². The third kappa shape index (κ3) is 5.16. The number of piperidine rings is 1. The first kappa shape index (κ1) is 16.5. The first-order valence-electron chi connectivity index (χ1n) is 7.24. The Morgan fingerprint density at radius 1 is 1.50 bits per heavy atom. The van der Waals surface area contributed by atoms with Crippen molar-refractivity contribution in [1.29, 1.82) is 0 Å². The molecular weight excluding hydrogens is 297 g/mol. The standard InChI is InChI=1S/C14H19F3N4O/c1-10(22)21-8-2-3-12(9-21)20-13-18-7-5-11(19-13)4-6-14(15,16)17/h5,7,12H,2-4,6,8-9H2,1H3,(H,18,19,20)/t12-/m0/s1. The van der Waals surface area contributed by atoms with Gasteiger partial charge in [0.15, 0.2) is 0 Å². The molecule has 0 radical (unpaired) electrons. The fourth-order valence-corrected chi connectivity index (χ4v) is 2.44. The van der Waals surface area contributed by atoms with Gasteiger partial charge < -0.3 is 10.2 Å². The molecule has 1 amide bonds. The molecule has 1 fully saturated rings. The number of aromatic nitrogens is 2. The zero-order chi connectivity index (χ0) is 16.2. The second-order valence-electron chi connectivity index (χ2n) is 5.44. The van der Waals surface area contributed by atoms with Gasteiger partial charge in [-0.2, -0.15) is 13.2 Å². The number of halogens is 3. The van der Waals surface area contributed by atoms with E-state index >= 15 is 0 Å². The maximum atomic E-state index is 12.2. The number of likely N-dealkylation sites (tertiary alicyclic amines) is 1. The number of carbonyl (C=O) groups excluding carboxylic acids is 1. The lowest BCUT2D eigenvalue weighted by Crippen LogP contribution is -2.44. The Balaban J connectivity index is 1.93. The summed E-state index contributed by atoms with van der Waals surface area (Å²) in [5.41, 5.74) is 0.356. The van der Waals surface area contributed by atoms with Crippen molar-refractivity contribution in [3.05, 3.63) is 18.0 Å². The van der Waals surface area contributed by atoms with Crippen LogP contribution in [-0.2, 0) is 11.2 Å². The molecule has 122 valence electrons.